The molecule has 0 radical (unpaired) electrons. The van der Waals surface area contributed by atoms with Crippen LogP contribution in [0.5, 0.6) is 0 Å². The van der Waals surface area contributed by atoms with Crippen molar-refractivity contribution in [2.75, 3.05) is 17.8 Å². The van der Waals surface area contributed by atoms with Gasteiger partial charge in [0.1, 0.15) is 11.4 Å². The molecule has 0 spiro atoms. The summed E-state index contributed by atoms with van der Waals surface area (Å²) in [7, 11) is 1.65. The number of carbonyl (C=O) groups is 2. The van der Waals surface area contributed by atoms with Gasteiger partial charge >= 0.3 is 5.97 Å². The molecule has 0 unspecified atom stereocenters. The number of halogens is 1. The van der Waals surface area contributed by atoms with E-state index < -0.39 is 11.4 Å². The molecule has 1 aromatic rings. The van der Waals surface area contributed by atoms with Gasteiger partial charge in [-0.05, 0) is 27.7 Å². The Morgan fingerprint density at radius 1 is 1.45 bits per heavy atom. The molecule has 1 rings (SSSR count). The monoisotopic (exact) mass is 301 g/mol. The van der Waals surface area contributed by atoms with E-state index in [0.717, 1.165) is 0 Å². The highest BCUT2D eigenvalue weighted by atomic mass is 35.5. The first kappa shape index (κ1) is 16.5. The summed E-state index contributed by atoms with van der Waals surface area (Å²) >= 11 is 5.78. The second kappa shape index (κ2) is 6.26. The highest BCUT2D eigenvalue weighted by Gasteiger charge is 2.30. The van der Waals surface area contributed by atoms with Crippen LogP contribution in [-0.4, -0.2) is 34.1 Å². The topological polar surface area (TPSA) is 73.2 Å². The standard InChI is InChI=1S/C13H20ClN3O3/c1-6-20-11(18)9-8(2)16-17(5)10(9)15-12(19)13(3,4)7-14/h6-7H2,1-5H3,(H,15,19). The lowest BCUT2D eigenvalue weighted by atomic mass is 9.95. The van der Waals surface area contributed by atoms with Crippen molar-refractivity contribution < 1.29 is 14.3 Å². The number of carbonyl (C=O) groups excluding carboxylic acids is 2. The molecular formula is C13H20ClN3O3. The van der Waals surface area contributed by atoms with Crippen LogP contribution in [0.2, 0.25) is 0 Å². The number of ether oxygens (including phenoxy) is 1. The van der Waals surface area contributed by atoms with Gasteiger partial charge in [-0.2, -0.15) is 5.10 Å². The molecule has 0 bridgehead atoms. The van der Waals surface area contributed by atoms with E-state index in [-0.39, 0.29) is 24.0 Å². The number of esters is 1. The van der Waals surface area contributed by atoms with Crippen LogP contribution in [0.15, 0.2) is 0 Å². The minimum atomic E-state index is -0.744. The Morgan fingerprint density at radius 3 is 2.55 bits per heavy atom. The van der Waals surface area contributed by atoms with Gasteiger partial charge in [-0.1, -0.05) is 0 Å². The maximum atomic E-state index is 12.2. The van der Waals surface area contributed by atoms with E-state index in [1.165, 1.54) is 4.68 Å². The van der Waals surface area contributed by atoms with Crippen LogP contribution in [0.3, 0.4) is 0 Å². The van der Waals surface area contributed by atoms with Crippen LogP contribution in [0.1, 0.15) is 36.8 Å². The molecule has 0 aliphatic carbocycles. The van der Waals surface area contributed by atoms with E-state index in [1.807, 2.05) is 0 Å². The number of hydrogen-bond donors (Lipinski definition) is 1. The molecule has 0 aliphatic rings. The number of anilines is 1. The van der Waals surface area contributed by atoms with E-state index in [2.05, 4.69) is 10.4 Å². The largest absolute Gasteiger partial charge is 0.462 e. The highest BCUT2D eigenvalue weighted by molar-refractivity contribution is 6.20. The number of nitrogens with one attached hydrogen (secondary N) is 1. The normalized spacial score (nSPS) is 11.3. The van der Waals surface area contributed by atoms with Crippen molar-refractivity contribution in [3.8, 4) is 0 Å². The molecule has 0 saturated carbocycles. The van der Waals surface area contributed by atoms with E-state index in [0.29, 0.717) is 11.5 Å². The van der Waals surface area contributed by atoms with E-state index in [4.69, 9.17) is 16.3 Å². The van der Waals surface area contributed by atoms with Crippen LogP contribution >= 0.6 is 11.6 Å². The Bertz CT molecular complexity index is 523. The lowest BCUT2D eigenvalue weighted by Crippen LogP contribution is -2.33. The maximum Gasteiger partial charge on any atom is 0.343 e. The Kier molecular flexibility index (Phi) is 5.16. The molecule has 0 saturated heterocycles. The summed E-state index contributed by atoms with van der Waals surface area (Å²) < 4.78 is 6.43. The third-order valence-corrected chi connectivity index (χ3v) is 3.55. The van der Waals surface area contributed by atoms with Crippen LogP contribution in [0, 0.1) is 12.3 Å². The van der Waals surface area contributed by atoms with Gasteiger partial charge in [0.2, 0.25) is 5.91 Å². The van der Waals surface area contributed by atoms with Gasteiger partial charge in [0, 0.05) is 12.9 Å². The predicted molar refractivity (Wildman–Crippen MR) is 77.0 cm³/mol. The van der Waals surface area contributed by atoms with E-state index in [1.54, 1.807) is 34.7 Å². The number of aromatic nitrogens is 2. The van der Waals surface area contributed by atoms with Gasteiger partial charge in [-0.3, -0.25) is 9.48 Å². The molecule has 0 aliphatic heterocycles. The van der Waals surface area contributed by atoms with Gasteiger partial charge in [0.25, 0.3) is 0 Å². The van der Waals surface area contributed by atoms with Crippen LogP contribution < -0.4 is 5.32 Å². The number of aryl methyl sites for hydroxylation is 2. The van der Waals surface area contributed by atoms with Crippen molar-refractivity contribution in [3.05, 3.63) is 11.3 Å². The van der Waals surface area contributed by atoms with Gasteiger partial charge in [0.05, 0.1) is 17.7 Å². The average molecular weight is 302 g/mol. The zero-order valence-corrected chi connectivity index (χ0v) is 13.2. The summed E-state index contributed by atoms with van der Waals surface area (Å²) in [6, 6.07) is 0. The second-order valence-electron chi connectivity index (χ2n) is 5.12. The Morgan fingerprint density at radius 2 is 2.05 bits per heavy atom. The molecule has 1 heterocycles. The SMILES string of the molecule is CCOC(=O)c1c(C)nn(C)c1NC(=O)C(C)(C)CCl. The molecule has 0 fully saturated rings. The molecule has 1 amide bonds. The molecule has 7 heteroatoms. The summed E-state index contributed by atoms with van der Waals surface area (Å²) in [6.45, 7) is 7.12. The minimum absolute atomic E-state index is 0.171. The van der Waals surface area contributed by atoms with Crippen molar-refractivity contribution in [2.24, 2.45) is 12.5 Å². The fourth-order valence-corrected chi connectivity index (χ4v) is 1.71. The van der Waals surface area contributed by atoms with Crippen LogP contribution in [0.25, 0.3) is 0 Å². The Labute approximate surface area is 123 Å². The Balaban J connectivity index is 3.13. The quantitative estimate of drug-likeness (QED) is 0.668. The van der Waals surface area contributed by atoms with Crippen LogP contribution in [-0.2, 0) is 16.6 Å². The van der Waals surface area contributed by atoms with Crippen molar-refractivity contribution in [1.82, 2.24) is 9.78 Å². The highest BCUT2D eigenvalue weighted by Crippen LogP contribution is 2.24. The third kappa shape index (κ3) is 3.30. The first-order chi connectivity index (χ1) is 9.24. The average Bonchev–Trinajstić information content (AvgIpc) is 2.64. The lowest BCUT2D eigenvalue weighted by Gasteiger charge is -2.20. The number of nitrogens with zero attached hydrogens (tertiary/aromatic N) is 2. The maximum absolute atomic E-state index is 12.2. The molecule has 0 atom stereocenters. The summed E-state index contributed by atoms with van der Waals surface area (Å²) in [5, 5.41) is 6.85. The zero-order valence-electron chi connectivity index (χ0n) is 12.4. The summed E-state index contributed by atoms with van der Waals surface area (Å²) in [5.41, 5.74) is 0.0315. The number of hydrogen-bond acceptors (Lipinski definition) is 4. The number of alkyl halides is 1. The van der Waals surface area contributed by atoms with E-state index >= 15 is 0 Å². The van der Waals surface area contributed by atoms with Gasteiger partial charge in [-0.25, -0.2) is 4.79 Å². The summed E-state index contributed by atoms with van der Waals surface area (Å²) in [5.74, 6) is -0.285. The Hall–Kier alpha value is -1.56. The minimum Gasteiger partial charge on any atom is -0.462 e. The molecule has 1 aromatic heterocycles. The number of rotatable bonds is 5. The van der Waals surface area contributed by atoms with Crippen molar-refractivity contribution in [1.29, 1.82) is 0 Å². The zero-order chi connectivity index (χ0) is 15.5. The molecule has 1 N–H and O–H groups in total. The summed E-state index contributed by atoms with van der Waals surface area (Å²) in [6.07, 6.45) is 0. The van der Waals surface area contributed by atoms with Gasteiger partial charge in [-0.15, -0.1) is 11.6 Å². The second-order valence-corrected chi connectivity index (χ2v) is 5.39. The van der Waals surface area contributed by atoms with Crippen molar-refractivity contribution >= 4 is 29.3 Å². The molecule has 112 valence electrons. The molecular weight excluding hydrogens is 282 g/mol. The van der Waals surface area contributed by atoms with Crippen molar-refractivity contribution in [2.45, 2.75) is 27.7 Å². The van der Waals surface area contributed by atoms with Crippen LogP contribution in [0.4, 0.5) is 5.82 Å². The molecule has 20 heavy (non-hydrogen) atoms. The lowest BCUT2D eigenvalue weighted by molar-refractivity contribution is -0.123. The predicted octanol–water partition coefficient (Wildman–Crippen LogP) is 2.11. The fraction of sp³-hybridized carbons (Fsp3) is 0.615. The fourth-order valence-electron chi connectivity index (χ4n) is 1.59. The van der Waals surface area contributed by atoms with Crippen molar-refractivity contribution in [3.63, 3.8) is 0 Å². The number of amides is 1. The first-order valence-corrected chi connectivity index (χ1v) is 6.86. The van der Waals surface area contributed by atoms with E-state index in [9.17, 15) is 9.59 Å². The third-order valence-electron chi connectivity index (χ3n) is 2.88. The smallest absolute Gasteiger partial charge is 0.343 e. The van der Waals surface area contributed by atoms with Gasteiger partial charge < -0.3 is 10.1 Å². The molecule has 6 nitrogen and oxygen atoms in total. The summed E-state index contributed by atoms with van der Waals surface area (Å²) in [4.78, 5) is 24.1. The first-order valence-electron chi connectivity index (χ1n) is 6.32. The molecule has 0 aromatic carbocycles. The van der Waals surface area contributed by atoms with Gasteiger partial charge in [0.15, 0.2) is 0 Å².